The molecule has 0 aromatic carbocycles. The van der Waals surface area contributed by atoms with Gasteiger partial charge in [-0.2, -0.15) is 0 Å². The van der Waals surface area contributed by atoms with Gasteiger partial charge in [0.2, 0.25) is 5.76 Å². The van der Waals surface area contributed by atoms with E-state index in [0.717, 1.165) is 0 Å². The largest absolute Gasteiger partial charge is 0.476 e. The standard InChI is InChI=1S/C7H8ClNO3/c1-3-11-7-4(2)5(6(8)10)12-9-7/h3H2,1-2H3. The van der Waals surface area contributed by atoms with Crippen molar-refractivity contribution in [3.05, 3.63) is 11.3 Å². The molecule has 5 heteroatoms. The maximum Gasteiger partial charge on any atom is 0.291 e. The van der Waals surface area contributed by atoms with Gasteiger partial charge in [0.25, 0.3) is 11.1 Å². The second-order valence-corrected chi connectivity index (χ2v) is 2.49. The molecule has 0 aliphatic rings. The van der Waals surface area contributed by atoms with Crippen molar-refractivity contribution in [1.29, 1.82) is 0 Å². The van der Waals surface area contributed by atoms with Crippen molar-refractivity contribution in [2.24, 2.45) is 0 Å². The van der Waals surface area contributed by atoms with Gasteiger partial charge in [-0.1, -0.05) is 0 Å². The fraction of sp³-hybridized carbons (Fsp3) is 0.429. The predicted molar refractivity (Wildman–Crippen MR) is 42.6 cm³/mol. The number of hydrogen-bond acceptors (Lipinski definition) is 4. The van der Waals surface area contributed by atoms with Gasteiger partial charge in [0.1, 0.15) is 0 Å². The van der Waals surface area contributed by atoms with Gasteiger partial charge in [0.05, 0.1) is 12.2 Å². The lowest BCUT2D eigenvalue weighted by Gasteiger charge is -1.95. The molecule has 0 fully saturated rings. The summed E-state index contributed by atoms with van der Waals surface area (Å²) in [4.78, 5) is 10.7. The lowest BCUT2D eigenvalue weighted by Crippen LogP contribution is -1.94. The van der Waals surface area contributed by atoms with Crippen molar-refractivity contribution < 1.29 is 14.1 Å². The maximum absolute atomic E-state index is 10.7. The van der Waals surface area contributed by atoms with Gasteiger partial charge in [0.15, 0.2) is 0 Å². The van der Waals surface area contributed by atoms with E-state index in [1.165, 1.54) is 0 Å². The summed E-state index contributed by atoms with van der Waals surface area (Å²) in [7, 11) is 0. The highest BCUT2D eigenvalue weighted by Crippen LogP contribution is 2.21. The van der Waals surface area contributed by atoms with Crippen molar-refractivity contribution >= 4 is 16.8 Å². The molecule has 1 aromatic rings. The Labute approximate surface area is 74.4 Å². The topological polar surface area (TPSA) is 52.3 Å². The van der Waals surface area contributed by atoms with Crippen molar-refractivity contribution in [2.45, 2.75) is 13.8 Å². The van der Waals surface area contributed by atoms with E-state index < -0.39 is 5.24 Å². The summed E-state index contributed by atoms with van der Waals surface area (Å²) in [5.41, 5.74) is 0.539. The van der Waals surface area contributed by atoms with E-state index in [1.54, 1.807) is 6.92 Å². The molecule has 0 radical (unpaired) electrons. The Hall–Kier alpha value is -1.03. The molecule has 0 saturated carbocycles. The van der Waals surface area contributed by atoms with E-state index in [4.69, 9.17) is 16.3 Å². The zero-order chi connectivity index (χ0) is 9.14. The average molecular weight is 190 g/mol. The molecule has 0 spiro atoms. The van der Waals surface area contributed by atoms with Crippen LogP contribution in [0.25, 0.3) is 0 Å². The Bertz CT molecular complexity index is 295. The van der Waals surface area contributed by atoms with Crippen LogP contribution in [-0.4, -0.2) is 17.0 Å². The summed E-state index contributed by atoms with van der Waals surface area (Å²) in [6, 6.07) is 0. The lowest BCUT2D eigenvalue weighted by atomic mass is 10.3. The van der Waals surface area contributed by atoms with Crippen LogP contribution < -0.4 is 4.74 Å². The zero-order valence-electron chi connectivity index (χ0n) is 6.76. The number of carbonyl (C=O) groups excluding carboxylic acids is 1. The average Bonchev–Trinajstić information content (AvgIpc) is 2.34. The van der Waals surface area contributed by atoms with Gasteiger partial charge in [-0.3, -0.25) is 4.79 Å². The second-order valence-electron chi connectivity index (χ2n) is 2.15. The molecule has 12 heavy (non-hydrogen) atoms. The van der Waals surface area contributed by atoms with Crippen molar-refractivity contribution in [2.75, 3.05) is 6.61 Å². The minimum Gasteiger partial charge on any atom is -0.476 e. The molecule has 0 aliphatic carbocycles. The highest BCUT2D eigenvalue weighted by molar-refractivity contribution is 6.67. The summed E-state index contributed by atoms with van der Waals surface area (Å²) < 4.78 is 9.70. The van der Waals surface area contributed by atoms with Gasteiger partial charge in [-0.25, -0.2) is 0 Å². The fourth-order valence-corrected chi connectivity index (χ4v) is 0.952. The highest BCUT2D eigenvalue weighted by Gasteiger charge is 2.17. The summed E-state index contributed by atoms with van der Waals surface area (Å²) in [5, 5.41) is 2.86. The van der Waals surface area contributed by atoms with Crippen molar-refractivity contribution in [3.8, 4) is 5.88 Å². The first-order chi connectivity index (χ1) is 5.66. The van der Waals surface area contributed by atoms with Crippen LogP contribution in [0.1, 0.15) is 23.0 Å². The minimum absolute atomic E-state index is 0.0418. The second kappa shape index (κ2) is 3.58. The summed E-state index contributed by atoms with van der Waals surface area (Å²) in [6.45, 7) is 3.96. The van der Waals surface area contributed by atoms with Crippen LogP contribution in [0, 0.1) is 6.92 Å². The summed E-state index contributed by atoms with van der Waals surface area (Å²) in [6.07, 6.45) is 0. The number of rotatable bonds is 3. The van der Waals surface area contributed by atoms with Crippen LogP contribution in [-0.2, 0) is 0 Å². The molecule has 4 nitrogen and oxygen atoms in total. The SMILES string of the molecule is CCOc1noc(C(=O)Cl)c1C. The first-order valence-electron chi connectivity index (χ1n) is 3.45. The molecule has 0 bridgehead atoms. The molecule has 0 unspecified atom stereocenters. The normalized spacial score (nSPS) is 9.92. The molecule has 0 amide bonds. The first-order valence-corrected chi connectivity index (χ1v) is 3.83. The molecular formula is C7H8ClNO3. The molecule has 66 valence electrons. The third-order valence-corrected chi connectivity index (χ3v) is 1.51. The number of hydrogen-bond donors (Lipinski definition) is 0. The maximum atomic E-state index is 10.7. The number of nitrogens with zero attached hydrogens (tertiary/aromatic N) is 1. The van der Waals surface area contributed by atoms with Crippen LogP contribution in [0.15, 0.2) is 4.52 Å². The quantitative estimate of drug-likeness (QED) is 0.680. The Morgan fingerprint density at radius 1 is 1.75 bits per heavy atom. The predicted octanol–water partition coefficient (Wildman–Crippen LogP) is 1.76. The smallest absolute Gasteiger partial charge is 0.291 e. The summed E-state index contributed by atoms with van der Waals surface area (Å²) >= 11 is 5.19. The van der Waals surface area contributed by atoms with E-state index in [-0.39, 0.29) is 5.76 Å². The Morgan fingerprint density at radius 2 is 2.42 bits per heavy atom. The van der Waals surface area contributed by atoms with E-state index in [1.807, 2.05) is 6.92 Å². The Morgan fingerprint density at radius 3 is 2.83 bits per heavy atom. The van der Waals surface area contributed by atoms with Crippen LogP contribution in [0.3, 0.4) is 0 Å². The van der Waals surface area contributed by atoms with Crippen LogP contribution in [0.2, 0.25) is 0 Å². The van der Waals surface area contributed by atoms with Gasteiger partial charge in [-0.05, 0) is 30.6 Å². The highest BCUT2D eigenvalue weighted by atomic mass is 35.5. The first kappa shape index (κ1) is 9.06. The number of aromatic nitrogens is 1. The van der Waals surface area contributed by atoms with Gasteiger partial charge in [-0.15, -0.1) is 0 Å². The molecule has 1 aromatic heterocycles. The van der Waals surface area contributed by atoms with E-state index in [9.17, 15) is 4.79 Å². The molecule has 0 atom stereocenters. The van der Waals surface area contributed by atoms with Gasteiger partial charge >= 0.3 is 0 Å². The Balaban J connectivity index is 2.96. The molecule has 0 N–H and O–H groups in total. The number of ether oxygens (including phenoxy) is 1. The van der Waals surface area contributed by atoms with Gasteiger partial charge < -0.3 is 9.26 Å². The number of carbonyl (C=O) groups is 1. The molecule has 1 rings (SSSR count). The molecular weight excluding hydrogens is 182 g/mol. The van der Waals surface area contributed by atoms with Crippen molar-refractivity contribution in [3.63, 3.8) is 0 Å². The van der Waals surface area contributed by atoms with E-state index in [2.05, 4.69) is 9.68 Å². The lowest BCUT2D eigenvalue weighted by molar-refractivity contribution is 0.104. The third kappa shape index (κ3) is 1.58. The molecule has 1 heterocycles. The Kier molecular flexibility index (Phi) is 2.70. The molecule has 0 aliphatic heterocycles. The fourth-order valence-electron chi connectivity index (χ4n) is 0.776. The monoisotopic (exact) mass is 189 g/mol. The van der Waals surface area contributed by atoms with Gasteiger partial charge in [0, 0.05) is 0 Å². The van der Waals surface area contributed by atoms with Crippen LogP contribution in [0.5, 0.6) is 5.88 Å². The van der Waals surface area contributed by atoms with Crippen LogP contribution >= 0.6 is 11.6 Å². The summed E-state index contributed by atoms with van der Waals surface area (Å²) in [5.74, 6) is 0.363. The zero-order valence-corrected chi connectivity index (χ0v) is 7.51. The van der Waals surface area contributed by atoms with E-state index in [0.29, 0.717) is 18.1 Å². The third-order valence-electron chi connectivity index (χ3n) is 1.34. The molecule has 0 saturated heterocycles. The van der Waals surface area contributed by atoms with Crippen LogP contribution in [0.4, 0.5) is 0 Å². The number of halogens is 1. The van der Waals surface area contributed by atoms with E-state index >= 15 is 0 Å². The van der Waals surface area contributed by atoms with Crippen molar-refractivity contribution in [1.82, 2.24) is 5.16 Å². The minimum atomic E-state index is -0.661.